The molecule has 0 bridgehead atoms. The van der Waals surface area contributed by atoms with Crippen molar-refractivity contribution >= 4 is 17.6 Å². The number of hydrogen-bond donors (Lipinski definition) is 1. The van der Waals surface area contributed by atoms with Crippen molar-refractivity contribution in [1.29, 1.82) is 0 Å². The van der Waals surface area contributed by atoms with Crippen LogP contribution in [0.15, 0.2) is 24.3 Å². The summed E-state index contributed by atoms with van der Waals surface area (Å²) < 4.78 is 4.38. The fourth-order valence-corrected chi connectivity index (χ4v) is 1.05. The molecule has 0 saturated heterocycles. The zero-order valence-corrected chi connectivity index (χ0v) is 8.74. The SMILES string of the molecule is COC(=O)CC(=O)Nc1ccc(C)cc1. The quantitative estimate of drug-likeness (QED) is 0.603. The molecule has 0 aliphatic carbocycles. The number of aryl methyl sites for hydroxylation is 1. The summed E-state index contributed by atoms with van der Waals surface area (Å²) in [6.07, 6.45) is -0.260. The van der Waals surface area contributed by atoms with Crippen LogP contribution in [-0.2, 0) is 14.3 Å². The second-order valence-electron chi connectivity index (χ2n) is 3.17. The predicted molar refractivity (Wildman–Crippen MR) is 56.4 cm³/mol. The lowest BCUT2D eigenvalue weighted by Gasteiger charge is -2.04. The van der Waals surface area contributed by atoms with Crippen molar-refractivity contribution in [3.8, 4) is 0 Å². The normalized spacial score (nSPS) is 9.47. The van der Waals surface area contributed by atoms with E-state index >= 15 is 0 Å². The number of amides is 1. The molecule has 0 aromatic heterocycles. The van der Waals surface area contributed by atoms with Gasteiger partial charge in [0.2, 0.25) is 5.91 Å². The fourth-order valence-electron chi connectivity index (χ4n) is 1.05. The van der Waals surface area contributed by atoms with Crippen LogP contribution in [-0.4, -0.2) is 19.0 Å². The maximum Gasteiger partial charge on any atom is 0.315 e. The van der Waals surface area contributed by atoms with Crippen LogP contribution in [0.3, 0.4) is 0 Å². The molecule has 0 unspecified atom stereocenters. The third-order valence-corrected chi connectivity index (χ3v) is 1.87. The lowest BCUT2D eigenvalue weighted by Crippen LogP contribution is -2.17. The standard InChI is InChI=1S/C11H13NO3/c1-8-3-5-9(6-4-8)12-10(13)7-11(14)15-2/h3-6H,7H2,1-2H3,(H,12,13). The Morgan fingerprint density at radius 2 is 1.87 bits per heavy atom. The van der Waals surface area contributed by atoms with Crippen molar-refractivity contribution < 1.29 is 14.3 Å². The minimum Gasteiger partial charge on any atom is -0.469 e. The van der Waals surface area contributed by atoms with Gasteiger partial charge in [-0.05, 0) is 19.1 Å². The highest BCUT2D eigenvalue weighted by molar-refractivity contribution is 6.01. The van der Waals surface area contributed by atoms with Gasteiger partial charge in [0.25, 0.3) is 0 Å². The van der Waals surface area contributed by atoms with Gasteiger partial charge < -0.3 is 10.1 Å². The van der Waals surface area contributed by atoms with Crippen LogP contribution in [0.4, 0.5) is 5.69 Å². The zero-order chi connectivity index (χ0) is 11.3. The number of hydrogen-bond acceptors (Lipinski definition) is 3. The lowest BCUT2D eigenvalue weighted by atomic mass is 10.2. The van der Waals surface area contributed by atoms with E-state index in [9.17, 15) is 9.59 Å². The third kappa shape index (κ3) is 3.81. The van der Waals surface area contributed by atoms with Gasteiger partial charge in [-0.1, -0.05) is 17.7 Å². The number of rotatable bonds is 3. The van der Waals surface area contributed by atoms with Crippen LogP contribution in [0.2, 0.25) is 0 Å². The van der Waals surface area contributed by atoms with Gasteiger partial charge in [0.15, 0.2) is 0 Å². The number of carbonyl (C=O) groups is 2. The fraction of sp³-hybridized carbons (Fsp3) is 0.273. The zero-order valence-electron chi connectivity index (χ0n) is 8.74. The van der Waals surface area contributed by atoms with Gasteiger partial charge in [-0.2, -0.15) is 0 Å². The van der Waals surface area contributed by atoms with E-state index in [-0.39, 0.29) is 12.3 Å². The summed E-state index contributed by atoms with van der Waals surface area (Å²) >= 11 is 0. The first-order valence-electron chi connectivity index (χ1n) is 4.55. The Morgan fingerprint density at radius 1 is 1.27 bits per heavy atom. The summed E-state index contributed by atoms with van der Waals surface area (Å²) in [6, 6.07) is 7.33. The Hall–Kier alpha value is -1.84. The van der Waals surface area contributed by atoms with Gasteiger partial charge in [-0.25, -0.2) is 0 Å². The van der Waals surface area contributed by atoms with Crippen molar-refractivity contribution in [3.63, 3.8) is 0 Å². The molecule has 4 heteroatoms. The molecule has 0 radical (unpaired) electrons. The molecule has 0 heterocycles. The Bertz CT molecular complexity index is 357. The molecular formula is C11H13NO3. The molecular weight excluding hydrogens is 194 g/mol. The molecule has 15 heavy (non-hydrogen) atoms. The maximum absolute atomic E-state index is 11.3. The minimum atomic E-state index is -0.542. The average molecular weight is 207 g/mol. The second-order valence-corrected chi connectivity index (χ2v) is 3.17. The molecule has 0 aliphatic heterocycles. The van der Waals surface area contributed by atoms with Crippen molar-refractivity contribution in [2.24, 2.45) is 0 Å². The van der Waals surface area contributed by atoms with E-state index in [1.54, 1.807) is 12.1 Å². The predicted octanol–water partition coefficient (Wildman–Crippen LogP) is 1.50. The first-order valence-corrected chi connectivity index (χ1v) is 4.55. The number of carbonyl (C=O) groups excluding carboxylic acids is 2. The molecule has 0 saturated carbocycles. The maximum atomic E-state index is 11.3. The number of anilines is 1. The Morgan fingerprint density at radius 3 is 2.40 bits per heavy atom. The number of benzene rings is 1. The molecule has 1 rings (SSSR count). The van der Waals surface area contributed by atoms with E-state index in [1.165, 1.54) is 7.11 Å². The van der Waals surface area contributed by atoms with E-state index in [0.29, 0.717) is 5.69 Å². The molecule has 0 aliphatic rings. The molecule has 1 amide bonds. The summed E-state index contributed by atoms with van der Waals surface area (Å²) in [7, 11) is 1.25. The van der Waals surface area contributed by atoms with Gasteiger partial charge in [0.1, 0.15) is 6.42 Å². The van der Waals surface area contributed by atoms with Crippen LogP contribution < -0.4 is 5.32 Å². The minimum absolute atomic E-state index is 0.260. The summed E-state index contributed by atoms with van der Waals surface area (Å²) in [5.74, 6) is -0.912. The van der Waals surface area contributed by atoms with Crippen LogP contribution in [0, 0.1) is 6.92 Å². The van der Waals surface area contributed by atoms with Crippen LogP contribution in [0.5, 0.6) is 0 Å². The molecule has 0 fully saturated rings. The smallest absolute Gasteiger partial charge is 0.315 e. The topological polar surface area (TPSA) is 55.4 Å². The van der Waals surface area contributed by atoms with Crippen molar-refractivity contribution in [2.75, 3.05) is 12.4 Å². The first kappa shape index (κ1) is 11.2. The van der Waals surface area contributed by atoms with E-state index < -0.39 is 5.97 Å². The molecule has 0 spiro atoms. The van der Waals surface area contributed by atoms with Gasteiger partial charge >= 0.3 is 5.97 Å². The van der Waals surface area contributed by atoms with E-state index in [4.69, 9.17) is 0 Å². The molecule has 4 nitrogen and oxygen atoms in total. The van der Waals surface area contributed by atoms with Crippen LogP contribution in [0.25, 0.3) is 0 Å². The Labute approximate surface area is 88.2 Å². The molecule has 1 aromatic rings. The summed E-state index contributed by atoms with van der Waals surface area (Å²) in [5.41, 5.74) is 1.79. The van der Waals surface area contributed by atoms with Crippen LogP contribution >= 0.6 is 0 Å². The highest BCUT2D eigenvalue weighted by Crippen LogP contribution is 2.08. The van der Waals surface area contributed by atoms with E-state index in [1.807, 2.05) is 19.1 Å². The number of esters is 1. The van der Waals surface area contributed by atoms with Gasteiger partial charge in [-0.3, -0.25) is 9.59 Å². The summed E-state index contributed by atoms with van der Waals surface area (Å²) in [6.45, 7) is 1.96. The number of methoxy groups -OCH3 is 1. The van der Waals surface area contributed by atoms with E-state index in [0.717, 1.165) is 5.56 Å². The van der Waals surface area contributed by atoms with E-state index in [2.05, 4.69) is 10.1 Å². The highest BCUT2D eigenvalue weighted by Gasteiger charge is 2.08. The van der Waals surface area contributed by atoms with Gasteiger partial charge in [0.05, 0.1) is 7.11 Å². The molecule has 1 N–H and O–H groups in total. The number of nitrogens with one attached hydrogen (secondary N) is 1. The first-order chi connectivity index (χ1) is 7.11. The second kappa shape index (κ2) is 5.14. The molecule has 0 atom stereocenters. The van der Waals surface area contributed by atoms with Crippen molar-refractivity contribution in [1.82, 2.24) is 0 Å². The Balaban J connectivity index is 2.51. The summed E-state index contributed by atoms with van der Waals surface area (Å²) in [5, 5.41) is 2.59. The number of ether oxygens (including phenoxy) is 1. The third-order valence-electron chi connectivity index (χ3n) is 1.87. The van der Waals surface area contributed by atoms with Crippen LogP contribution in [0.1, 0.15) is 12.0 Å². The summed E-state index contributed by atoms with van der Waals surface area (Å²) in [4.78, 5) is 22.0. The Kier molecular flexibility index (Phi) is 3.85. The van der Waals surface area contributed by atoms with Crippen molar-refractivity contribution in [3.05, 3.63) is 29.8 Å². The average Bonchev–Trinajstić information content (AvgIpc) is 2.21. The lowest BCUT2D eigenvalue weighted by molar-refractivity contribution is -0.142. The highest BCUT2D eigenvalue weighted by atomic mass is 16.5. The van der Waals surface area contributed by atoms with Crippen molar-refractivity contribution in [2.45, 2.75) is 13.3 Å². The van der Waals surface area contributed by atoms with Gasteiger partial charge in [-0.15, -0.1) is 0 Å². The van der Waals surface area contributed by atoms with Gasteiger partial charge in [0, 0.05) is 5.69 Å². The largest absolute Gasteiger partial charge is 0.469 e. The molecule has 1 aromatic carbocycles. The molecule has 80 valence electrons. The monoisotopic (exact) mass is 207 g/mol.